The van der Waals surface area contributed by atoms with E-state index in [-0.39, 0.29) is 5.91 Å². The zero-order valence-electron chi connectivity index (χ0n) is 15.9. The minimum atomic E-state index is -0.0481. The second-order valence-electron chi connectivity index (χ2n) is 6.64. The summed E-state index contributed by atoms with van der Waals surface area (Å²) in [4.78, 5) is 14.9. The van der Waals surface area contributed by atoms with E-state index in [1.807, 2.05) is 85.9 Å². The number of carbonyl (C=O) groups excluding carboxylic acids is 1. The van der Waals surface area contributed by atoms with Crippen LogP contribution in [0.5, 0.6) is 0 Å². The van der Waals surface area contributed by atoms with Gasteiger partial charge in [-0.1, -0.05) is 72.5 Å². The van der Waals surface area contributed by atoms with Gasteiger partial charge in [0.1, 0.15) is 0 Å². The quantitative estimate of drug-likeness (QED) is 0.247. The molecule has 0 spiro atoms. The molecule has 2 nitrogen and oxygen atoms in total. The Balaban J connectivity index is 1.85. The number of benzene rings is 4. The van der Waals surface area contributed by atoms with Crippen molar-refractivity contribution in [3.63, 3.8) is 0 Å². The molecule has 0 N–H and O–H groups in total. The van der Waals surface area contributed by atoms with Crippen molar-refractivity contribution in [2.45, 2.75) is 0 Å². The third-order valence-corrected chi connectivity index (χ3v) is 5.72. The fourth-order valence-corrected chi connectivity index (χ4v) is 3.87. The molecule has 0 radical (unpaired) electrons. The van der Waals surface area contributed by atoms with Crippen LogP contribution < -0.4 is 4.90 Å². The van der Waals surface area contributed by atoms with E-state index in [9.17, 15) is 4.79 Å². The summed E-state index contributed by atoms with van der Waals surface area (Å²) in [7, 11) is 1.81. The maximum atomic E-state index is 13.2. The third-order valence-electron chi connectivity index (χ3n) is 4.78. The van der Waals surface area contributed by atoms with Gasteiger partial charge in [0, 0.05) is 16.2 Å². The molecular weight excluding hydrogens is 469 g/mol. The second-order valence-corrected chi connectivity index (χ2v) is 7.80. The van der Waals surface area contributed by atoms with Crippen LogP contribution in [0.25, 0.3) is 10.8 Å². The van der Waals surface area contributed by atoms with Crippen LogP contribution in [0, 0.1) is 15.4 Å². The highest BCUT2D eigenvalue weighted by atomic mass is 127. The molecule has 4 rings (SSSR count). The number of hydrogen-bond donors (Lipinski definition) is 0. The number of fused-ring (bicyclic) bond motifs is 1. The van der Waals surface area contributed by atoms with Crippen molar-refractivity contribution in [1.82, 2.24) is 0 Å². The molecule has 3 heteroatoms. The van der Waals surface area contributed by atoms with E-state index >= 15 is 0 Å². The zero-order chi connectivity index (χ0) is 20.2. The van der Waals surface area contributed by atoms with Gasteiger partial charge in [-0.15, -0.1) is 0 Å². The van der Waals surface area contributed by atoms with E-state index in [0.29, 0.717) is 5.56 Å². The molecule has 4 aromatic carbocycles. The van der Waals surface area contributed by atoms with Crippen molar-refractivity contribution >= 4 is 45.0 Å². The summed E-state index contributed by atoms with van der Waals surface area (Å²) in [6.45, 7) is 0. The first kappa shape index (κ1) is 19.2. The summed E-state index contributed by atoms with van der Waals surface area (Å²) in [5.74, 6) is 6.53. The minimum absolute atomic E-state index is 0.0481. The van der Waals surface area contributed by atoms with Crippen LogP contribution in [0.2, 0.25) is 0 Å². The highest BCUT2D eigenvalue weighted by Gasteiger charge is 2.19. The number of amides is 1. The molecule has 0 fully saturated rings. The van der Waals surface area contributed by atoms with E-state index in [0.717, 1.165) is 31.2 Å². The molecule has 0 heterocycles. The van der Waals surface area contributed by atoms with E-state index in [1.54, 1.807) is 4.90 Å². The summed E-state index contributed by atoms with van der Waals surface area (Å²) < 4.78 is 0.930. The Bertz CT molecular complexity index is 1250. The fourth-order valence-electron chi connectivity index (χ4n) is 3.25. The molecule has 0 aliphatic carbocycles. The molecular formula is C26H18INO. The predicted octanol–water partition coefficient (Wildman–Crippen LogP) is 6.12. The SMILES string of the molecule is CN(C(=O)c1ccccc1I)c1ccc2ccccc2c1C#Cc1ccccc1. The van der Waals surface area contributed by atoms with Crippen molar-refractivity contribution in [3.05, 3.63) is 111 Å². The maximum Gasteiger partial charge on any atom is 0.259 e. The Morgan fingerprint density at radius 2 is 1.48 bits per heavy atom. The van der Waals surface area contributed by atoms with E-state index in [2.05, 4.69) is 46.6 Å². The summed E-state index contributed by atoms with van der Waals surface area (Å²) in [6, 6.07) is 29.7. The molecule has 4 aromatic rings. The molecule has 0 unspecified atom stereocenters. The smallest absolute Gasteiger partial charge is 0.259 e. The molecule has 29 heavy (non-hydrogen) atoms. The van der Waals surface area contributed by atoms with Gasteiger partial charge in [0.25, 0.3) is 5.91 Å². The first-order valence-corrected chi connectivity index (χ1v) is 10.3. The van der Waals surface area contributed by atoms with Crippen molar-refractivity contribution in [3.8, 4) is 11.8 Å². The van der Waals surface area contributed by atoms with Crippen LogP contribution in [0.3, 0.4) is 0 Å². The number of rotatable bonds is 2. The van der Waals surface area contributed by atoms with Crippen LogP contribution in [0.1, 0.15) is 21.5 Å². The lowest BCUT2D eigenvalue weighted by Crippen LogP contribution is -2.27. The standard InChI is InChI=1S/C26H18INO/c1-28(26(29)23-13-7-8-14-24(23)27)25-18-16-20-11-5-6-12-21(20)22(25)17-15-19-9-3-2-4-10-19/h2-14,16,18H,1H3. The van der Waals surface area contributed by atoms with Gasteiger partial charge in [-0.05, 0) is 63.7 Å². The fraction of sp³-hybridized carbons (Fsp3) is 0.0385. The monoisotopic (exact) mass is 487 g/mol. The van der Waals surface area contributed by atoms with Crippen molar-refractivity contribution in [2.24, 2.45) is 0 Å². The lowest BCUT2D eigenvalue weighted by Gasteiger charge is -2.21. The van der Waals surface area contributed by atoms with Crippen LogP contribution in [-0.4, -0.2) is 13.0 Å². The van der Waals surface area contributed by atoms with Crippen LogP contribution in [0.4, 0.5) is 5.69 Å². The Kier molecular flexibility index (Phi) is 5.64. The van der Waals surface area contributed by atoms with Gasteiger partial charge in [0.2, 0.25) is 0 Å². The Hall–Kier alpha value is -3.10. The first-order chi connectivity index (χ1) is 14.1. The number of hydrogen-bond acceptors (Lipinski definition) is 1. The normalized spacial score (nSPS) is 10.3. The van der Waals surface area contributed by atoms with Crippen LogP contribution in [0.15, 0.2) is 91.0 Å². The van der Waals surface area contributed by atoms with Gasteiger partial charge in [-0.3, -0.25) is 4.79 Å². The number of nitrogens with zero attached hydrogens (tertiary/aromatic N) is 1. The highest BCUT2D eigenvalue weighted by molar-refractivity contribution is 14.1. The van der Waals surface area contributed by atoms with E-state index in [1.165, 1.54) is 0 Å². The molecule has 0 aliphatic heterocycles. The van der Waals surface area contributed by atoms with Crippen LogP contribution in [-0.2, 0) is 0 Å². The molecule has 0 aliphatic rings. The topological polar surface area (TPSA) is 20.3 Å². The summed E-state index contributed by atoms with van der Waals surface area (Å²) in [5, 5.41) is 2.14. The highest BCUT2D eigenvalue weighted by Crippen LogP contribution is 2.29. The van der Waals surface area contributed by atoms with Crippen LogP contribution >= 0.6 is 22.6 Å². The zero-order valence-corrected chi connectivity index (χ0v) is 18.1. The van der Waals surface area contributed by atoms with Gasteiger partial charge in [-0.25, -0.2) is 0 Å². The molecule has 0 atom stereocenters. The number of carbonyl (C=O) groups is 1. The average Bonchev–Trinajstić information content (AvgIpc) is 2.77. The Morgan fingerprint density at radius 3 is 2.28 bits per heavy atom. The largest absolute Gasteiger partial charge is 0.310 e. The summed E-state index contributed by atoms with van der Waals surface area (Å²) >= 11 is 2.20. The van der Waals surface area contributed by atoms with Gasteiger partial charge >= 0.3 is 0 Å². The predicted molar refractivity (Wildman–Crippen MR) is 128 cm³/mol. The lowest BCUT2D eigenvalue weighted by atomic mass is 10.0. The number of halogens is 1. The lowest BCUT2D eigenvalue weighted by molar-refractivity contribution is 0.0992. The third kappa shape index (κ3) is 4.03. The summed E-state index contributed by atoms with van der Waals surface area (Å²) in [5.41, 5.74) is 3.29. The average molecular weight is 487 g/mol. The molecule has 140 valence electrons. The number of anilines is 1. The van der Waals surface area contributed by atoms with E-state index < -0.39 is 0 Å². The maximum absolute atomic E-state index is 13.2. The van der Waals surface area contributed by atoms with Gasteiger partial charge in [0.15, 0.2) is 0 Å². The second kappa shape index (κ2) is 8.50. The molecule has 0 aromatic heterocycles. The summed E-state index contributed by atoms with van der Waals surface area (Å²) in [6.07, 6.45) is 0. The van der Waals surface area contributed by atoms with Gasteiger partial charge < -0.3 is 4.90 Å². The van der Waals surface area contributed by atoms with E-state index in [4.69, 9.17) is 0 Å². The Morgan fingerprint density at radius 1 is 0.793 bits per heavy atom. The van der Waals surface area contributed by atoms with Gasteiger partial charge in [0.05, 0.1) is 16.8 Å². The van der Waals surface area contributed by atoms with Crippen molar-refractivity contribution < 1.29 is 4.79 Å². The molecule has 1 amide bonds. The Labute approximate surface area is 184 Å². The van der Waals surface area contributed by atoms with Crippen molar-refractivity contribution in [1.29, 1.82) is 0 Å². The first-order valence-electron chi connectivity index (χ1n) is 9.26. The molecule has 0 saturated heterocycles. The minimum Gasteiger partial charge on any atom is -0.310 e. The van der Waals surface area contributed by atoms with Gasteiger partial charge in [-0.2, -0.15) is 0 Å². The molecule has 0 saturated carbocycles. The molecule has 0 bridgehead atoms. The van der Waals surface area contributed by atoms with Crippen molar-refractivity contribution in [2.75, 3.05) is 11.9 Å².